The van der Waals surface area contributed by atoms with Gasteiger partial charge in [0.15, 0.2) is 0 Å². The smallest absolute Gasteiger partial charge is 0.322 e. The van der Waals surface area contributed by atoms with Gasteiger partial charge in [-0.15, -0.1) is 0 Å². The van der Waals surface area contributed by atoms with Gasteiger partial charge in [-0.05, 0) is 38.0 Å². The van der Waals surface area contributed by atoms with Gasteiger partial charge >= 0.3 is 5.97 Å². The summed E-state index contributed by atoms with van der Waals surface area (Å²) in [5.41, 5.74) is 0.765. The van der Waals surface area contributed by atoms with Crippen molar-refractivity contribution in [2.75, 3.05) is 11.9 Å². The second-order valence-corrected chi connectivity index (χ2v) is 4.25. The minimum Gasteiger partial charge on any atom is -0.480 e. The van der Waals surface area contributed by atoms with E-state index in [1.165, 1.54) is 13.8 Å². The summed E-state index contributed by atoms with van der Waals surface area (Å²) in [6, 6.07) is 5.09. The number of halogens is 1. The lowest BCUT2D eigenvalue weighted by atomic mass is 9.97. The van der Waals surface area contributed by atoms with E-state index in [2.05, 4.69) is 5.32 Å². The molecule has 0 aliphatic carbocycles. The Hall–Kier alpha value is -1.58. The van der Waals surface area contributed by atoms with E-state index >= 15 is 0 Å². The molecule has 0 saturated heterocycles. The maximum absolute atomic E-state index is 13.6. The fourth-order valence-corrected chi connectivity index (χ4v) is 1.40. The maximum atomic E-state index is 13.6. The molecule has 4 heteroatoms. The number of anilines is 1. The Balaban J connectivity index is 2.88. The SMILES string of the molecule is Cc1cc(C(C)(C)F)ccc1NCC(=O)O. The van der Waals surface area contributed by atoms with Crippen LogP contribution in [0.5, 0.6) is 0 Å². The average molecular weight is 225 g/mol. The Morgan fingerprint density at radius 3 is 2.56 bits per heavy atom. The zero-order valence-electron chi connectivity index (χ0n) is 9.67. The van der Waals surface area contributed by atoms with Crippen LogP contribution in [-0.4, -0.2) is 17.6 Å². The number of nitrogens with one attached hydrogen (secondary N) is 1. The third kappa shape index (κ3) is 3.22. The first-order chi connectivity index (χ1) is 7.30. The fraction of sp³-hybridized carbons (Fsp3) is 0.417. The van der Waals surface area contributed by atoms with Gasteiger partial charge < -0.3 is 10.4 Å². The Morgan fingerprint density at radius 2 is 2.12 bits per heavy atom. The number of aryl methyl sites for hydroxylation is 1. The molecule has 88 valence electrons. The summed E-state index contributed by atoms with van der Waals surface area (Å²) in [5.74, 6) is -0.922. The topological polar surface area (TPSA) is 49.3 Å². The molecule has 1 aromatic rings. The van der Waals surface area contributed by atoms with Gasteiger partial charge in [-0.2, -0.15) is 0 Å². The van der Waals surface area contributed by atoms with Gasteiger partial charge in [0.1, 0.15) is 12.2 Å². The molecule has 0 amide bonds. The molecule has 0 aliphatic rings. The first-order valence-corrected chi connectivity index (χ1v) is 5.06. The number of aliphatic carboxylic acids is 1. The standard InChI is InChI=1S/C12H16FNO2/c1-8-6-9(12(2,3)13)4-5-10(8)14-7-11(15)16/h4-6,14H,7H2,1-3H3,(H,15,16). The quantitative estimate of drug-likeness (QED) is 0.828. The summed E-state index contributed by atoms with van der Waals surface area (Å²) < 4.78 is 13.6. The normalized spacial score (nSPS) is 11.2. The number of benzene rings is 1. The van der Waals surface area contributed by atoms with Gasteiger partial charge in [0.2, 0.25) is 0 Å². The molecule has 0 unspecified atom stereocenters. The highest BCUT2D eigenvalue weighted by Crippen LogP contribution is 2.27. The minimum atomic E-state index is -1.38. The van der Waals surface area contributed by atoms with Crippen LogP contribution in [0.1, 0.15) is 25.0 Å². The summed E-state index contributed by atoms with van der Waals surface area (Å²) in [6.07, 6.45) is 0. The number of carbonyl (C=O) groups is 1. The van der Waals surface area contributed by atoms with Crippen LogP contribution in [0.3, 0.4) is 0 Å². The monoisotopic (exact) mass is 225 g/mol. The van der Waals surface area contributed by atoms with E-state index in [-0.39, 0.29) is 6.54 Å². The number of hydrogen-bond acceptors (Lipinski definition) is 2. The molecule has 0 heterocycles. The Kier molecular flexibility index (Phi) is 3.52. The molecule has 2 N–H and O–H groups in total. The molecule has 16 heavy (non-hydrogen) atoms. The summed E-state index contributed by atoms with van der Waals surface area (Å²) in [6.45, 7) is 4.66. The molecular formula is C12H16FNO2. The van der Waals surface area contributed by atoms with E-state index in [4.69, 9.17) is 5.11 Å². The van der Waals surface area contributed by atoms with E-state index in [0.29, 0.717) is 5.56 Å². The van der Waals surface area contributed by atoms with Crippen LogP contribution in [0.15, 0.2) is 18.2 Å². The summed E-state index contributed by atoms with van der Waals surface area (Å²) in [4.78, 5) is 10.4. The maximum Gasteiger partial charge on any atom is 0.322 e. The van der Waals surface area contributed by atoms with Crippen molar-refractivity contribution in [2.24, 2.45) is 0 Å². The molecular weight excluding hydrogens is 209 g/mol. The van der Waals surface area contributed by atoms with Crippen molar-refractivity contribution >= 4 is 11.7 Å². The Morgan fingerprint density at radius 1 is 1.50 bits per heavy atom. The third-order valence-electron chi connectivity index (χ3n) is 2.34. The summed E-state index contributed by atoms with van der Waals surface area (Å²) in [5, 5.41) is 11.3. The first kappa shape index (κ1) is 12.5. The molecule has 0 spiro atoms. The highest BCUT2D eigenvalue weighted by atomic mass is 19.1. The van der Waals surface area contributed by atoms with Gasteiger partial charge in [0, 0.05) is 5.69 Å². The first-order valence-electron chi connectivity index (χ1n) is 5.06. The van der Waals surface area contributed by atoms with Crippen molar-refractivity contribution in [3.05, 3.63) is 29.3 Å². The number of rotatable bonds is 4. The zero-order valence-corrected chi connectivity index (χ0v) is 9.67. The fourth-order valence-electron chi connectivity index (χ4n) is 1.40. The average Bonchev–Trinajstić information content (AvgIpc) is 2.14. The molecule has 0 radical (unpaired) electrons. The van der Waals surface area contributed by atoms with Crippen LogP contribution < -0.4 is 5.32 Å². The van der Waals surface area contributed by atoms with E-state index in [1.54, 1.807) is 18.2 Å². The largest absolute Gasteiger partial charge is 0.480 e. The third-order valence-corrected chi connectivity index (χ3v) is 2.34. The van der Waals surface area contributed by atoms with Gasteiger partial charge in [0.25, 0.3) is 0 Å². The Bertz CT molecular complexity index is 396. The summed E-state index contributed by atoms with van der Waals surface area (Å²) >= 11 is 0. The van der Waals surface area contributed by atoms with Gasteiger partial charge in [0.05, 0.1) is 0 Å². The number of carboxylic acids is 1. The highest BCUT2D eigenvalue weighted by molar-refractivity contribution is 5.73. The molecule has 0 fully saturated rings. The number of carboxylic acid groups (broad SMARTS) is 1. The molecule has 0 bridgehead atoms. The van der Waals surface area contributed by atoms with Crippen molar-refractivity contribution in [2.45, 2.75) is 26.4 Å². The van der Waals surface area contributed by atoms with Gasteiger partial charge in [-0.1, -0.05) is 12.1 Å². The lowest BCUT2D eigenvalue weighted by molar-refractivity contribution is -0.134. The summed E-state index contributed by atoms with van der Waals surface area (Å²) in [7, 11) is 0. The molecule has 0 saturated carbocycles. The predicted molar refractivity (Wildman–Crippen MR) is 61.4 cm³/mol. The van der Waals surface area contributed by atoms with E-state index in [9.17, 15) is 9.18 Å². The number of alkyl halides is 1. The van der Waals surface area contributed by atoms with Crippen LogP contribution >= 0.6 is 0 Å². The second kappa shape index (κ2) is 4.51. The van der Waals surface area contributed by atoms with Gasteiger partial charge in [-0.3, -0.25) is 4.79 Å². The van der Waals surface area contributed by atoms with Crippen LogP contribution in [0, 0.1) is 6.92 Å². The molecule has 1 rings (SSSR count). The predicted octanol–water partition coefficient (Wildman–Crippen LogP) is 2.70. The second-order valence-electron chi connectivity index (χ2n) is 4.25. The van der Waals surface area contributed by atoms with Gasteiger partial charge in [-0.25, -0.2) is 4.39 Å². The van der Waals surface area contributed by atoms with E-state index < -0.39 is 11.6 Å². The molecule has 3 nitrogen and oxygen atoms in total. The van der Waals surface area contributed by atoms with E-state index in [1.807, 2.05) is 6.92 Å². The molecule has 0 aliphatic heterocycles. The minimum absolute atomic E-state index is 0.140. The lowest BCUT2D eigenvalue weighted by Crippen LogP contribution is -2.14. The molecule has 0 aromatic heterocycles. The van der Waals surface area contributed by atoms with Crippen molar-refractivity contribution in [1.82, 2.24) is 0 Å². The highest BCUT2D eigenvalue weighted by Gasteiger charge is 2.19. The van der Waals surface area contributed by atoms with Crippen LogP contribution in [0.4, 0.5) is 10.1 Å². The molecule has 0 atom stereocenters. The molecule has 1 aromatic carbocycles. The van der Waals surface area contributed by atoms with Crippen LogP contribution in [0.2, 0.25) is 0 Å². The van der Waals surface area contributed by atoms with Crippen molar-refractivity contribution in [3.8, 4) is 0 Å². The van der Waals surface area contributed by atoms with Crippen molar-refractivity contribution in [1.29, 1.82) is 0 Å². The Labute approximate surface area is 94.3 Å². The van der Waals surface area contributed by atoms with Crippen molar-refractivity contribution in [3.63, 3.8) is 0 Å². The lowest BCUT2D eigenvalue weighted by Gasteiger charge is -2.17. The van der Waals surface area contributed by atoms with Crippen molar-refractivity contribution < 1.29 is 14.3 Å². The van der Waals surface area contributed by atoms with E-state index in [0.717, 1.165) is 11.3 Å². The van der Waals surface area contributed by atoms with Crippen LogP contribution in [0.25, 0.3) is 0 Å². The van der Waals surface area contributed by atoms with Crippen LogP contribution in [-0.2, 0) is 10.5 Å². The zero-order chi connectivity index (χ0) is 12.3. The number of hydrogen-bond donors (Lipinski definition) is 2.